The summed E-state index contributed by atoms with van der Waals surface area (Å²) in [7, 11) is 1.39. The maximum absolute atomic E-state index is 13.6. The van der Waals surface area contributed by atoms with Crippen molar-refractivity contribution in [1.82, 2.24) is 14.9 Å². The van der Waals surface area contributed by atoms with Crippen molar-refractivity contribution in [3.05, 3.63) is 78.1 Å². The summed E-state index contributed by atoms with van der Waals surface area (Å²) in [4.78, 5) is 16.0. The number of nitrogens with one attached hydrogen (secondary N) is 2. The molecule has 0 bridgehead atoms. The highest BCUT2D eigenvalue weighted by molar-refractivity contribution is 5.89. The van der Waals surface area contributed by atoms with Crippen molar-refractivity contribution in [2.45, 2.75) is 13.1 Å². The van der Waals surface area contributed by atoms with Crippen LogP contribution in [0.2, 0.25) is 0 Å². The van der Waals surface area contributed by atoms with Gasteiger partial charge in [-0.3, -0.25) is 0 Å². The molecule has 2 amide bonds. The molecule has 6 nitrogen and oxygen atoms in total. The first kappa shape index (κ1) is 17.5. The van der Waals surface area contributed by atoms with Gasteiger partial charge < -0.3 is 19.9 Å². The Morgan fingerprint density at radius 2 is 2.08 bits per heavy atom. The minimum absolute atomic E-state index is 0.130. The number of halogens is 1. The molecule has 0 fully saturated rings. The zero-order chi connectivity index (χ0) is 18.4. The van der Waals surface area contributed by atoms with Crippen LogP contribution < -0.4 is 15.4 Å². The molecule has 0 spiro atoms. The van der Waals surface area contributed by atoms with Gasteiger partial charge in [-0.2, -0.15) is 0 Å². The van der Waals surface area contributed by atoms with E-state index in [0.717, 1.165) is 11.1 Å². The molecule has 0 atom stereocenters. The fraction of sp³-hybridized carbons (Fsp3) is 0.158. The molecule has 0 unspecified atom stereocenters. The molecule has 2 N–H and O–H groups in total. The molecule has 3 rings (SSSR count). The predicted octanol–water partition coefficient (Wildman–Crippen LogP) is 3.40. The molecule has 0 aliphatic rings. The van der Waals surface area contributed by atoms with Gasteiger partial charge in [0, 0.05) is 37.2 Å². The van der Waals surface area contributed by atoms with Crippen LogP contribution in [0.1, 0.15) is 11.1 Å². The molecule has 134 valence electrons. The Hall–Kier alpha value is -3.35. The van der Waals surface area contributed by atoms with Crippen molar-refractivity contribution in [3.8, 4) is 5.75 Å². The van der Waals surface area contributed by atoms with Gasteiger partial charge in [0.1, 0.15) is 0 Å². The Morgan fingerprint density at radius 3 is 2.81 bits per heavy atom. The first-order valence-corrected chi connectivity index (χ1v) is 8.06. The van der Waals surface area contributed by atoms with Crippen LogP contribution in [-0.4, -0.2) is 22.7 Å². The van der Waals surface area contributed by atoms with Crippen LogP contribution >= 0.6 is 0 Å². The Kier molecular flexibility index (Phi) is 5.48. The topological polar surface area (TPSA) is 68.2 Å². The summed E-state index contributed by atoms with van der Waals surface area (Å²) in [6.45, 7) is 1.08. The molecular formula is C19H19FN4O2. The maximum Gasteiger partial charge on any atom is 0.319 e. The first-order chi connectivity index (χ1) is 12.6. The fourth-order valence-corrected chi connectivity index (χ4v) is 2.53. The van der Waals surface area contributed by atoms with Gasteiger partial charge in [-0.05, 0) is 23.3 Å². The van der Waals surface area contributed by atoms with Gasteiger partial charge in [-0.15, -0.1) is 0 Å². The second-order valence-corrected chi connectivity index (χ2v) is 5.71. The highest BCUT2D eigenvalue weighted by atomic mass is 19.1. The van der Waals surface area contributed by atoms with Gasteiger partial charge >= 0.3 is 6.03 Å². The lowest BCUT2D eigenvalue weighted by Gasteiger charge is -2.10. The van der Waals surface area contributed by atoms with Gasteiger partial charge in [-0.1, -0.05) is 24.3 Å². The molecule has 1 aromatic heterocycles. The maximum atomic E-state index is 13.6. The van der Waals surface area contributed by atoms with Crippen molar-refractivity contribution < 1.29 is 13.9 Å². The van der Waals surface area contributed by atoms with Gasteiger partial charge in [-0.25, -0.2) is 14.2 Å². The molecule has 7 heteroatoms. The highest BCUT2D eigenvalue weighted by Crippen LogP contribution is 2.20. The lowest BCUT2D eigenvalue weighted by molar-refractivity contribution is 0.251. The van der Waals surface area contributed by atoms with Gasteiger partial charge in [0.05, 0.1) is 13.4 Å². The molecule has 0 saturated carbocycles. The number of amides is 2. The Bertz CT molecular complexity index is 881. The number of methoxy groups -OCH3 is 1. The van der Waals surface area contributed by atoms with Gasteiger partial charge in [0.2, 0.25) is 0 Å². The third-order valence-electron chi connectivity index (χ3n) is 3.78. The van der Waals surface area contributed by atoms with Crippen LogP contribution in [-0.2, 0) is 13.1 Å². The van der Waals surface area contributed by atoms with Crippen LogP contribution in [0.15, 0.2) is 61.2 Å². The average Bonchev–Trinajstić information content (AvgIpc) is 3.13. The van der Waals surface area contributed by atoms with E-state index in [0.29, 0.717) is 18.8 Å². The minimum atomic E-state index is -0.530. The lowest BCUT2D eigenvalue weighted by atomic mass is 10.1. The Morgan fingerprint density at radius 1 is 1.23 bits per heavy atom. The number of urea groups is 1. The van der Waals surface area contributed by atoms with E-state index < -0.39 is 11.8 Å². The number of benzene rings is 2. The predicted molar refractivity (Wildman–Crippen MR) is 96.6 cm³/mol. The van der Waals surface area contributed by atoms with Crippen LogP contribution in [0.4, 0.5) is 14.9 Å². The summed E-state index contributed by atoms with van der Waals surface area (Å²) < 4.78 is 20.5. The van der Waals surface area contributed by atoms with E-state index in [1.165, 1.54) is 19.2 Å². The fourth-order valence-electron chi connectivity index (χ4n) is 2.53. The van der Waals surface area contributed by atoms with Crippen LogP contribution in [0, 0.1) is 5.82 Å². The van der Waals surface area contributed by atoms with Crippen molar-refractivity contribution in [1.29, 1.82) is 0 Å². The molecule has 0 aliphatic heterocycles. The van der Waals surface area contributed by atoms with E-state index >= 15 is 0 Å². The number of carbonyl (C=O) groups excluding carboxylic acids is 1. The van der Waals surface area contributed by atoms with E-state index in [1.54, 1.807) is 18.6 Å². The molecule has 3 aromatic rings. The summed E-state index contributed by atoms with van der Waals surface area (Å²) in [6, 6.07) is 11.8. The molecule has 2 aromatic carbocycles. The molecule has 1 heterocycles. The zero-order valence-corrected chi connectivity index (χ0v) is 14.3. The lowest BCUT2D eigenvalue weighted by Crippen LogP contribution is -2.28. The number of ether oxygens (including phenoxy) is 1. The molecular weight excluding hydrogens is 335 g/mol. The summed E-state index contributed by atoms with van der Waals surface area (Å²) in [6.07, 6.45) is 5.39. The van der Waals surface area contributed by atoms with Crippen molar-refractivity contribution in [2.75, 3.05) is 12.4 Å². The number of hydrogen-bond acceptors (Lipinski definition) is 3. The molecule has 0 radical (unpaired) electrons. The number of imidazole rings is 1. The third-order valence-corrected chi connectivity index (χ3v) is 3.78. The van der Waals surface area contributed by atoms with E-state index in [2.05, 4.69) is 15.6 Å². The number of hydrogen-bond donors (Lipinski definition) is 2. The molecule has 0 saturated heterocycles. The van der Waals surface area contributed by atoms with Crippen molar-refractivity contribution in [2.24, 2.45) is 0 Å². The van der Waals surface area contributed by atoms with Gasteiger partial charge in [0.25, 0.3) is 0 Å². The number of rotatable bonds is 6. The largest absolute Gasteiger partial charge is 0.494 e. The number of nitrogens with zero attached hydrogens (tertiary/aromatic N) is 2. The van der Waals surface area contributed by atoms with E-state index in [-0.39, 0.29) is 5.75 Å². The highest BCUT2D eigenvalue weighted by Gasteiger charge is 2.07. The summed E-state index contributed by atoms with van der Waals surface area (Å²) in [5.74, 6) is -0.400. The van der Waals surface area contributed by atoms with Crippen LogP contribution in [0.25, 0.3) is 0 Å². The van der Waals surface area contributed by atoms with Crippen LogP contribution in [0.5, 0.6) is 5.75 Å². The molecule has 0 aliphatic carbocycles. The van der Waals surface area contributed by atoms with Crippen molar-refractivity contribution in [3.63, 3.8) is 0 Å². The summed E-state index contributed by atoms with van der Waals surface area (Å²) in [5, 5.41) is 5.36. The summed E-state index contributed by atoms with van der Waals surface area (Å²) in [5.41, 5.74) is 2.44. The van der Waals surface area contributed by atoms with E-state index in [4.69, 9.17) is 4.74 Å². The zero-order valence-electron chi connectivity index (χ0n) is 14.3. The quantitative estimate of drug-likeness (QED) is 0.713. The van der Waals surface area contributed by atoms with E-state index in [1.807, 2.05) is 35.0 Å². The second-order valence-electron chi connectivity index (χ2n) is 5.71. The smallest absolute Gasteiger partial charge is 0.319 e. The third kappa shape index (κ3) is 4.60. The first-order valence-electron chi connectivity index (χ1n) is 8.06. The minimum Gasteiger partial charge on any atom is -0.494 e. The average molecular weight is 354 g/mol. The van der Waals surface area contributed by atoms with Gasteiger partial charge in [0.15, 0.2) is 11.6 Å². The number of aromatic nitrogens is 2. The Balaban J connectivity index is 1.55. The van der Waals surface area contributed by atoms with E-state index in [9.17, 15) is 9.18 Å². The second kappa shape index (κ2) is 8.15. The van der Waals surface area contributed by atoms with Crippen LogP contribution in [0.3, 0.4) is 0 Å². The Labute approximate surface area is 150 Å². The normalized spacial score (nSPS) is 10.4. The SMILES string of the molecule is COc1ccc(NC(=O)NCc2cccc(Cn3ccnc3)c2)cc1F. The van der Waals surface area contributed by atoms with Crippen molar-refractivity contribution >= 4 is 11.7 Å². The number of carbonyl (C=O) groups is 1. The standard InChI is InChI=1S/C19H19FN4O2/c1-26-18-6-5-16(10-17(18)20)23-19(25)22-11-14-3-2-4-15(9-14)12-24-8-7-21-13-24/h2-10,13H,11-12H2,1H3,(H2,22,23,25). The monoisotopic (exact) mass is 354 g/mol. The number of anilines is 1. The molecule has 26 heavy (non-hydrogen) atoms. The summed E-state index contributed by atoms with van der Waals surface area (Å²) >= 11 is 0.